The van der Waals surface area contributed by atoms with Gasteiger partial charge in [-0.3, -0.25) is 9.79 Å². The van der Waals surface area contributed by atoms with Crippen LogP contribution in [-0.2, 0) is 0 Å². The van der Waals surface area contributed by atoms with Gasteiger partial charge >= 0.3 is 0 Å². The quantitative estimate of drug-likeness (QED) is 0.154. The second-order valence-corrected chi connectivity index (χ2v) is 6.99. The van der Waals surface area contributed by atoms with Gasteiger partial charge in [-0.05, 0) is 31.9 Å². The summed E-state index contributed by atoms with van der Waals surface area (Å²) >= 11 is 6.03. The van der Waals surface area contributed by atoms with Gasteiger partial charge < -0.3 is 21.1 Å². The van der Waals surface area contributed by atoms with E-state index in [0.29, 0.717) is 36.2 Å². The summed E-state index contributed by atoms with van der Waals surface area (Å²) in [6, 6.07) is 6.96. The van der Waals surface area contributed by atoms with Crippen molar-refractivity contribution in [3.63, 3.8) is 0 Å². The van der Waals surface area contributed by atoms with Crippen LogP contribution in [0.2, 0.25) is 5.02 Å². The van der Waals surface area contributed by atoms with Gasteiger partial charge in [0.15, 0.2) is 5.96 Å². The third kappa shape index (κ3) is 9.93. The number of carbonyl (C=O) groups is 1. The molecule has 1 amide bonds. The molecule has 4 N–H and O–H groups in total. The molecule has 0 spiro atoms. The van der Waals surface area contributed by atoms with Crippen LogP contribution in [0, 0.1) is 0 Å². The number of guanidine groups is 1. The highest BCUT2D eigenvalue weighted by Crippen LogP contribution is 2.19. The first-order chi connectivity index (χ1) is 13.0. The van der Waals surface area contributed by atoms with Crippen LogP contribution in [0.15, 0.2) is 29.3 Å². The summed E-state index contributed by atoms with van der Waals surface area (Å²) in [7, 11) is 0. The molecule has 0 aliphatic heterocycles. The summed E-state index contributed by atoms with van der Waals surface area (Å²) < 4.78 is 0. The molecular weight excluding hydrogens is 491 g/mol. The Morgan fingerprint density at radius 1 is 1.07 bits per heavy atom. The average molecular weight is 525 g/mol. The number of halogens is 2. The van der Waals surface area contributed by atoms with Crippen molar-refractivity contribution in [1.82, 2.24) is 16.0 Å². The second kappa shape index (κ2) is 14.9. The summed E-state index contributed by atoms with van der Waals surface area (Å²) in [5.41, 5.74) is -0.298. The van der Waals surface area contributed by atoms with Crippen molar-refractivity contribution in [3.8, 4) is 0 Å². The molecule has 0 bridgehead atoms. The SMILES string of the molecule is CCCC(O)(CCC)CN=C(NCC)NCCNC(=O)c1ccccc1Cl.I. The molecule has 0 atom stereocenters. The smallest absolute Gasteiger partial charge is 0.252 e. The summed E-state index contributed by atoms with van der Waals surface area (Å²) in [5.74, 6) is 0.430. The second-order valence-electron chi connectivity index (χ2n) is 6.58. The van der Waals surface area contributed by atoms with Crippen molar-refractivity contribution in [2.45, 2.75) is 52.1 Å². The zero-order chi connectivity index (χ0) is 20.1. The van der Waals surface area contributed by atoms with E-state index in [4.69, 9.17) is 11.6 Å². The number of hydrogen-bond donors (Lipinski definition) is 4. The lowest BCUT2D eigenvalue weighted by Crippen LogP contribution is -2.43. The number of aliphatic imine (C=N–C) groups is 1. The lowest BCUT2D eigenvalue weighted by atomic mass is 9.93. The molecule has 0 aromatic heterocycles. The molecule has 0 aliphatic rings. The Morgan fingerprint density at radius 3 is 2.25 bits per heavy atom. The van der Waals surface area contributed by atoms with E-state index >= 15 is 0 Å². The van der Waals surface area contributed by atoms with Gasteiger partial charge in [-0.1, -0.05) is 50.4 Å². The van der Waals surface area contributed by atoms with Gasteiger partial charge in [0.1, 0.15) is 0 Å². The van der Waals surface area contributed by atoms with Crippen LogP contribution >= 0.6 is 35.6 Å². The number of carbonyl (C=O) groups excluding carboxylic acids is 1. The van der Waals surface area contributed by atoms with E-state index in [-0.39, 0.29) is 29.9 Å². The average Bonchev–Trinajstić information content (AvgIpc) is 2.63. The van der Waals surface area contributed by atoms with Gasteiger partial charge in [-0.15, -0.1) is 24.0 Å². The molecule has 0 aliphatic carbocycles. The van der Waals surface area contributed by atoms with Crippen LogP contribution < -0.4 is 16.0 Å². The molecule has 28 heavy (non-hydrogen) atoms. The Bertz CT molecular complexity index is 608. The van der Waals surface area contributed by atoms with Gasteiger partial charge in [0.25, 0.3) is 5.91 Å². The molecule has 1 aromatic carbocycles. The van der Waals surface area contributed by atoms with Crippen molar-refractivity contribution in [3.05, 3.63) is 34.9 Å². The van der Waals surface area contributed by atoms with E-state index in [2.05, 4.69) is 34.8 Å². The topological polar surface area (TPSA) is 85.8 Å². The minimum atomic E-state index is -0.760. The van der Waals surface area contributed by atoms with Crippen LogP contribution in [0.1, 0.15) is 56.8 Å². The number of aliphatic hydroxyl groups is 1. The Morgan fingerprint density at radius 2 is 1.68 bits per heavy atom. The van der Waals surface area contributed by atoms with Crippen molar-refractivity contribution < 1.29 is 9.90 Å². The highest BCUT2D eigenvalue weighted by molar-refractivity contribution is 14.0. The normalized spacial score (nSPS) is 11.5. The predicted molar refractivity (Wildman–Crippen MR) is 128 cm³/mol. The van der Waals surface area contributed by atoms with Crippen LogP contribution in [0.3, 0.4) is 0 Å². The van der Waals surface area contributed by atoms with Crippen molar-refractivity contribution in [1.29, 1.82) is 0 Å². The predicted octanol–water partition coefficient (Wildman–Crippen LogP) is 3.57. The van der Waals surface area contributed by atoms with E-state index < -0.39 is 5.60 Å². The number of nitrogens with zero attached hydrogens (tertiary/aromatic N) is 1. The molecule has 0 unspecified atom stereocenters. The number of rotatable bonds is 11. The van der Waals surface area contributed by atoms with Crippen molar-refractivity contribution >= 4 is 47.4 Å². The minimum absolute atomic E-state index is 0. The van der Waals surface area contributed by atoms with Crippen LogP contribution in [0.5, 0.6) is 0 Å². The number of nitrogens with one attached hydrogen (secondary N) is 3. The van der Waals surface area contributed by atoms with Gasteiger partial charge in [0, 0.05) is 19.6 Å². The first-order valence-electron chi connectivity index (χ1n) is 9.73. The zero-order valence-corrected chi connectivity index (χ0v) is 20.1. The van der Waals surface area contributed by atoms with Crippen molar-refractivity contribution in [2.75, 3.05) is 26.2 Å². The van der Waals surface area contributed by atoms with Crippen LogP contribution in [0.25, 0.3) is 0 Å². The Kier molecular flexibility index (Phi) is 14.3. The summed E-state index contributed by atoms with van der Waals surface area (Å²) in [5, 5.41) is 20.3. The zero-order valence-electron chi connectivity index (χ0n) is 17.1. The monoisotopic (exact) mass is 524 g/mol. The molecule has 0 saturated heterocycles. The van der Waals surface area contributed by atoms with E-state index in [1.165, 1.54) is 0 Å². The van der Waals surface area contributed by atoms with Gasteiger partial charge in [-0.25, -0.2) is 0 Å². The molecule has 8 heteroatoms. The third-order valence-corrected chi connectivity index (χ3v) is 4.46. The molecule has 6 nitrogen and oxygen atoms in total. The van der Waals surface area contributed by atoms with E-state index in [1.54, 1.807) is 24.3 Å². The molecule has 0 radical (unpaired) electrons. The minimum Gasteiger partial charge on any atom is -0.388 e. The Hall–Kier alpha value is -1.06. The molecular formula is C20H34ClIN4O2. The van der Waals surface area contributed by atoms with E-state index in [0.717, 1.165) is 32.2 Å². The summed E-state index contributed by atoms with van der Waals surface area (Å²) in [4.78, 5) is 16.7. The maximum absolute atomic E-state index is 12.1. The maximum Gasteiger partial charge on any atom is 0.252 e. The molecule has 160 valence electrons. The number of hydrogen-bond acceptors (Lipinski definition) is 3. The number of benzene rings is 1. The van der Waals surface area contributed by atoms with E-state index in [1.807, 2.05) is 6.92 Å². The van der Waals surface area contributed by atoms with Crippen LogP contribution in [0.4, 0.5) is 0 Å². The van der Waals surface area contributed by atoms with Crippen molar-refractivity contribution in [2.24, 2.45) is 4.99 Å². The van der Waals surface area contributed by atoms with Crippen LogP contribution in [-0.4, -0.2) is 48.8 Å². The lowest BCUT2D eigenvalue weighted by Gasteiger charge is -2.26. The van der Waals surface area contributed by atoms with Gasteiger partial charge in [-0.2, -0.15) is 0 Å². The Balaban J connectivity index is 0.00000729. The first-order valence-corrected chi connectivity index (χ1v) is 10.1. The fourth-order valence-corrected chi connectivity index (χ4v) is 3.10. The molecule has 0 saturated carbocycles. The van der Waals surface area contributed by atoms with E-state index in [9.17, 15) is 9.90 Å². The lowest BCUT2D eigenvalue weighted by molar-refractivity contribution is 0.0306. The first kappa shape index (κ1) is 26.9. The third-order valence-electron chi connectivity index (χ3n) is 4.13. The fourth-order valence-electron chi connectivity index (χ4n) is 2.88. The van der Waals surface area contributed by atoms with Gasteiger partial charge in [0.05, 0.1) is 22.7 Å². The fraction of sp³-hybridized carbons (Fsp3) is 0.600. The van der Waals surface area contributed by atoms with Gasteiger partial charge in [0.2, 0.25) is 0 Å². The maximum atomic E-state index is 12.1. The Labute approximate surface area is 190 Å². The largest absolute Gasteiger partial charge is 0.388 e. The number of amides is 1. The molecule has 0 heterocycles. The summed E-state index contributed by atoms with van der Waals surface area (Å²) in [6.45, 7) is 8.14. The standard InChI is InChI=1S/C20H33ClN4O2.HI/c1-4-11-20(27,12-5-2)15-25-19(22-6-3)24-14-13-23-18(26)16-9-7-8-10-17(16)21;/h7-10,27H,4-6,11-15H2,1-3H3,(H,23,26)(H2,22,24,25);1H. The molecule has 1 rings (SSSR count). The highest BCUT2D eigenvalue weighted by Gasteiger charge is 2.24. The summed E-state index contributed by atoms with van der Waals surface area (Å²) in [6.07, 6.45) is 3.31. The molecule has 0 fully saturated rings. The molecule has 1 aromatic rings. The highest BCUT2D eigenvalue weighted by atomic mass is 127.